The Morgan fingerprint density at radius 3 is 2.59 bits per heavy atom. The molecule has 0 spiro atoms. The molecule has 1 aliphatic rings. The summed E-state index contributed by atoms with van der Waals surface area (Å²) in [4.78, 5) is 25.7. The lowest BCUT2D eigenvalue weighted by atomic mass is 10.00. The van der Waals surface area contributed by atoms with Gasteiger partial charge < -0.3 is 9.88 Å². The van der Waals surface area contributed by atoms with Gasteiger partial charge in [-0.1, -0.05) is 18.2 Å². The van der Waals surface area contributed by atoms with Crippen LogP contribution in [0.4, 0.5) is 5.69 Å². The van der Waals surface area contributed by atoms with Crippen LogP contribution in [0, 0.1) is 11.3 Å². The second-order valence-electron chi connectivity index (χ2n) is 7.25. The maximum absolute atomic E-state index is 13.0. The van der Waals surface area contributed by atoms with Gasteiger partial charge in [-0.15, -0.1) is 36.6 Å². The number of halogens is 2. The molecule has 3 aromatic rings. The molecule has 2 heterocycles. The van der Waals surface area contributed by atoms with E-state index in [2.05, 4.69) is 33.1 Å². The molecule has 0 aliphatic carbocycles. The van der Waals surface area contributed by atoms with Gasteiger partial charge in [0.15, 0.2) is 0 Å². The zero-order valence-electron chi connectivity index (χ0n) is 17.6. The number of carbonyl (C=O) groups is 1. The number of anilines is 1. The zero-order chi connectivity index (χ0) is 20.9. The number of nitrogens with one attached hydrogen (secondary N) is 1. The molecule has 1 aromatic heterocycles. The Bertz CT molecular complexity index is 1050. The van der Waals surface area contributed by atoms with Gasteiger partial charge in [-0.05, 0) is 48.6 Å². The average Bonchev–Trinajstić information content (AvgIpc) is 3.32. The molecule has 4 rings (SSSR count). The number of hydrogen-bond donors (Lipinski definition) is 1. The monoisotopic (exact) mass is 489 g/mol. The number of rotatable bonds is 6. The van der Waals surface area contributed by atoms with Crippen LogP contribution in [0.15, 0.2) is 66.0 Å². The Balaban J connectivity index is 0.00000181. The maximum atomic E-state index is 13.0. The Morgan fingerprint density at radius 1 is 1.19 bits per heavy atom. The molecule has 1 unspecified atom stereocenters. The number of imidazole rings is 1. The summed E-state index contributed by atoms with van der Waals surface area (Å²) in [6.07, 6.45) is 6.28. The largest absolute Gasteiger partial charge is 0.347 e. The molecule has 168 valence electrons. The fourth-order valence-corrected chi connectivity index (χ4v) is 4.29. The molecule has 6 nitrogen and oxygen atoms in total. The van der Waals surface area contributed by atoms with Crippen LogP contribution in [-0.2, 0) is 11.2 Å². The van der Waals surface area contributed by atoms with E-state index >= 15 is 0 Å². The lowest BCUT2D eigenvalue weighted by molar-refractivity contribution is -0.122. The zero-order valence-corrected chi connectivity index (χ0v) is 20.1. The standard InChI is InChI=1S/C23H23N5OS.2ClH/c1-30-20-4-2-3-19(12-20)28-10-9-27(15-23(28)29)22(21-14-25-16-26-21)11-17-5-7-18(13-24)8-6-17;;/h2-8,12,14,16,22H,9-11,15H2,1H3,(H,25,26);2*1H. The number of H-pyrrole nitrogens is 1. The lowest BCUT2D eigenvalue weighted by Gasteiger charge is -2.38. The molecular weight excluding hydrogens is 465 g/mol. The van der Waals surface area contributed by atoms with Crippen LogP contribution in [0.1, 0.15) is 22.9 Å². The van der Waals surface area contributed by atoms with E-state index in [0.29, 0.717) is 18.7 Å². The molecule has 1 aliphatic heterocycles. The number of benzene rings is 2. The van der Waals surface area contributed by atoms with E-state index in [4.69, 9.17) is 5.26 Å². The molecule has 9 heteroatoms. The van der Waals surface area contributed by atoms with Gasteiger partial charge in [-0.2, -0.15) is 5.26 Å². The van der Waals surface area contributed by atoms with Crippen LogP contribution in [0.2, 0.25) is 0 Å². The van der Waals surface area contributed by atoms with Crippen LogP contribution in [0.25, 0.3) is 0 Å². The Kier molecular flexibility index (Phi) is 9.60. The van der Waals surface area contributed by atoms with Crippen molar-refractivity contribution in [3.05, 3.63) is 77.9 Å². The highest BCUT2D eigenvalue weighted by Gasteiger charge is 2.31. The number of amides is 1. The van der Waals surface area contributed by atoms with Gasteiger partial charge in [-0.25, -0.2) is 4.98 Å². The van der Waals surface area contributed by atoms with E-state index in [1.54, 1.807) is 18.1 Å². The van der Waals surface area contributed by atoms with Crippen LogP contribution < -0.4 is 4.90 Å². The summed E-state index contributed by atoms with van der Waals surface area (Å²) in [6, 6.07) is 17.9. The summed E-state index contributed by atoms with van der Waals surface area (Å²) >= 11 is 1.68. The van der Waals surface area contributed by atoms with E-state index in [1.165, 1.54) is 0 Å². The summed E-state index contributed by atoms with van der Waals surface area (Å²) in [7, 11) is 0. The van der Waals surface area contributed by atoms with Crippen molar-refractivity contribution in [2.45, 2.75) is 17.4 Å². The number of nitrogens with zero attached hydrogens (tertiary/aromatic N) is 4. The minimum atomic E-state index is 0. The molecule has 1 saturated heterocycles. The summed E-state index contributed by atoms with van der Waals surface area (Å²) in [5, 5.41) is 9.03. The quantitative estimate of drug-likeness (QED) is 0.516. The number of aromatic nitrogens is 2. The number of thioether (sulfide) groups is 1. The van der Waals surface area contributed by atoms with Crippen molar-refractivity contribution >= 4 is 48.2 Å². The molecule has 0 saturated carbocycles. The number of carbonyl (C=O) groups excluding carboxylic acids is 1. The van der Waals surface area contributed by atoms with Gasteiger partial charge in [0, 0.05) is 29.9 Å². The van der Waals surface area contributed by atoms with E-state index in [9.17, 15) is 4.79 Å². The van der Waals surface area contributed by atoms with Gasteiger partial charge in [0.1, 0.15) is 0 Å². The first-order valence-corrected chi connectivity index (χ1v) is 11.1. The number of piperazine rings is 1. The second kappa shape index (κ2) is 11.9. The SMILES string of the molecule is CSc1cccc(N2CCN(C(Cc3ccc(C#N)cc3)c3cnc[nH]3)CC2=O)c1.Cl.Cl. The van der Waals surface area contributed by atoms with E-state index in [0.717, 1.165) is 34.8 Å². The molecule has 32 heavy (non-hydrogen) atoms. The minimum absolute atomic E-state index is 0. The van der Waals surface area contributed by atoms with Crippen molar-refractivity contribution in [3.8, 4) is 6.07 Å². The van der Waals surface area contributed by atoms with Crippen molar-refractivity contribution in [2.24, 2.45) is 0 Å². The van der Waals surface area contributed by atoms with Crippen molar-refractivity contribution in [1.82, 2.24) is 14.9 Å². The highest BCUT2D eigenvalue weighted by atomic mass is 35.5. The summed E-state index contributed by atoms with van der Waals surface area (Å²) in [5.74, 6) is 0.101. The lowest BCUT2D eigenvalue weighted by Crippen LogP contribution is -2.51. The van der Waals surface area contributed by atoms with Gasteiger partial charge in [-0.3, -0.25) is 9.69 Å². The topological polar surface area (TPSA) is 76.0 Å². The number of nitriles is 1. The van der Waals surface area contributed by atoms with Gasteiger partial charge >= 0.3 is 0 Å². The van der Waals surface area contributed by atoms with E-state index in [1.807, 2.05) is 53.8 Å². The summed E-state index contributed by atoms with van der Waals surface area (Å²) < 4.78 is 0. The fourth-order valence-electron chi connectivity index (χ4n) is 3.83. The molecule has 0 radical (unpaired) electrons. The first-order valence-electron chi connectivity index (χ1n) is 9.83. The average molecular weight is 490 g/mol. The second-order valence-corrected chi connectivity index (χ2v) is 8.13. The molecule has 1 amide bonds. The van der Waals surface area contributed by atoms with Crippen molar-refractivity contribution in [1.29, 1.82) is 5.26 Å². The number of aromatic amines is 1. The number of hydrogen-bond acceptors (Lipinski definition) is 5. The van der Waals surface area contributed by atoms with E-state index < -0.39 is 0 Å². The predicted octanol–water partition coefficient (Wildman–Crippen LogP) is 4.48. The third-order valence-corrected chi connectivity index (χ3v) is 6.17. The summed E-state index contributed by atoms with van der Waals surface area (Å²) in [6.45, 7) is 1.77. The molecule has 1 atom stereocenters. The van der Waals surface area contributed by atoms with Crippen LogP contribution in [0.5, 0.6) is 0 Å². The highest BCUT2D eigenvalue weighted by molar-refractivity contribution is 7.98. The first kappa shape index (κ1) is 25.8. The van der Waals surface area contributed by atoms with Gasteiger partial charge in [0.2, 0.25) is 5.91 Å². The fraction of sp³-hybridized carbons (Fsp3) is 0.261. The third-order valence-electron chi connectivity index (χ3n) is 5.45. The molecular formula is C23H25Cl2N5OS. The van der Waals surface area contributed by atoms with E-state index in [-0.39, 0.29) is 36.8 Å². The van der Waals surface area contributed by atoms with Crippen molar-refractivity contribution in [3.63, 3.8) is 0 Å². The minimum Gasteiger partial charge on any atom is -0.347 e. The molecule has 1 fully saturated rings. The Labute approximate surface area is 204 Å². The summed E-state index contributed by atoms with van der Waals surface area (Å²) in [5.41, 5.74) is 3.71. The third kappa shape index (κ3) is 5.84. The Hall–Kier alpha value is -2.50. The molecule has 2 aromatic carbocycles. The predicted molar refractivity (Wildman–Crippen MR) is 133 cm³/mol. The van der Waals surface area contributed by atoms with Crippen molar-refractivity contribution < 1.29 is 4.79 Å². The van der Waals surface area contributed by atoms with Crippen LogP contribution in [-0.4, -0.2) is 46.7 Å². The molecule has 0 bridgehead atoms. The maximum Gasteiger partial charge on any atom is 0.241 e. The van der Waals surface area contributed by atoms with Crippen LogP contribution in [0.3, 0.4) is 0 Å². The van der Waals surface area contributed by atoms with Gasteiger partial charge in [0.25, 0.3) is 0 Å². The first-order chi connectivity index (χ1) is 14.7. The van der Waals surface area contributed by atoms with Gasteiger partial charge in [0.05, 0.1) is 36.2 Å². The normalized spacial score (nSPS) is 14.8. The van der Waals surface area contributed by atoms with Crippen LogP contribution >= 0.6 is 36.6 Å². The van der Waals surface area contributed by atoms with Crippen molar-refractivity contribution in [2.75, 3.05) is 30.8 Å². The molecule has 1 N–H and O–H groups in total. The highest BCUT2D eigenvalue weighted by Crippen LogP contribution is 2.28. The smallest absolute Gasteiger partial charge is 0.241 e. The Morgan fingerprint density at radius 2 is 1.97 bits per heavy atom.